The zero-order valence-corrected chi connectivity index (χ0v) is 12.5. The van der Waals surface area contributed by atoms with Crippen LogP contribution in [0.25, 0.3) is 0 Å². The average Bonchev–Trinajstić information content (AvgIpc) is 2.88. The van der Waals surface area contributed by atoms with Crippen LogP contribution in [0.15, 0.2) is 30.2 Å². The van der Waals surface area contributed by atoms with Crippen molar-refractivity contribution in [2.75, 3.05) is 19.7 Å². The first-order valence-electron chi connectivity index (χ1n) is 6.24. The summed E-state index contributed by atoms with van der Waals surface area (Å²) < 4.78 is 32.2. The Bertz CT molecular complexity index is 565. The standard InChI is InChI=1S/C12H19N3O4S/c1-4-7-15(9-12(16)19-6-3)20(17,18)11-8-14(5-2)10-13-11/h4,8,10H,1,5-7,9H2,2-3H3. The average molecular weight is 301 g/mol. The molecular weight excluding hydrogens is 282 g/mol. The lowest BCUT2D eigenvalue weighted by Crippen LogP contribution is -2.36. The van der Waals surface area contributed by atoms with Gasteiger partial charge in [0.15, 0.2) is 5.03 Å². The molecule has 1 aromatic heterocycles. The first-order chi connectivity index (χ1) is 9.45. The van der Waals surface area contributed by atoms with Crippen LogP contribution < -0.4 is 0 Å². The minimum atomic E-state index is -3.84. The maximum Gasteiger partial charge on any atom is 0.321 e. The molecule has 1 heterocycles. The van der Waals surface area contributed by atoms with Gasteiger partial charge in [-0.15, -0.1) is 6.58 Å². The molecule has 0 N–H and O–H groups in total. The molecule has 0 aliphatic heterocycles. The summed E-state index contributed by atoms with van der Waals surface area (Å²) in [7, 11) is -3.84. The maximum atomic E-state index is 12.4. The molecule has 0 aliphatic carbocycles. The first-order valence-corrected chi connectivity index (χ1v) is 7.68. The van der Waals surface area contributed by atoms with E-state index in [1.165, 1.54) is 18.6 Å². The molecule has 0 spiro atoms. The molecule has 0 amide bonds. The first kappa shape index (κ1) is 16.4. The molecule has 0 fully saturated rings. The molecule has 0 saturated heterocycles. The smallest absolute Gasteiger partial charge is 0.321 e. The predicted octanol–water partition coefficient (Wildman–Crippen LogP) is 0.643. The minimum absolute atomic E-state index is 0.0140. The number of nitrogens with zero attached hydrogens (tertiary/aromatic N) is 3. The third-order valence-corrected chi connectivity index (χ3v) is 4.22. The van der Waals surface area contributed by atoms with E-state index in [1.54, 1.807) is 11.5 Å². The SMILES string of the molecule is C=CCN(CC(=O)OCC)S(=O)(=O)c1cn(CC)cn1. The number of aryl methyl sites for hydroxylation is 1. The number of carbonyl (C=O) groups is 1. The molecule has 20 heavy (non-hydrogen) atoms. The molecule has 0 saturated carbocycles. The number of hydrogen-bond acceptors (Lipinski definition) is 5. The van der Waals surface area contributed by atoms with Crippen molar-refractivity contribution in [2.45, 2.75) is 25.4 Å². The Hall–Kier alpha value is -1.67. The Kier molecular flexibility index (Phi) is 5.90. The number of hydrogen-bond donors (Lipinski definition) is 0. The molecule has 1 rings (SSSR count). The Labute approximate surface area is 118 Å². The minimum Gasteiger partial charge on any atom is -0.465 e. The van der Waals surface area contributed by atoms with Crippen molar-refractivity contribution in [1.29, 1.82) is 0 Å². The van der Waals surface area contributed by atoms with Gasteiger partial charge in [-0.2, -0.15) is 4.31 Å². The second-order valence-corrected chi connectivity index (χ2v) is 5.82. The van der Waals surface area contributed by atoms with Gasteiger partial charge in [0.1, 0.15) is 6.54 Å². The maximum absolute atomic E-state index is 12.4. The van der Waals surface area contributed by atoms with E-state index < -0.39 is 16.0 Å². The monoisotopic (exact) mass is 301 g/mol. The van der Waals surface area contributed by atoms with E-state index in [2.05, 4.69) is 11.6 Å². The third kappa shape index (κ3) is 3.91. The summed E-state index contributed by atoms with van der Waals surface area (Å²) in [5, 5.41) is -0.0921. The van der Waals surface area contributed by atoms with Crippen molar-refractivity contribution in [3.05, 3.63) is 25.2 Å². The van der Waals surface area contributed by atoms with Gasteiger partial charge in [0.05, 0.1) is 12.9 Å². The molecule has 0 unspecified atom stereocenters. The summed E-state index contributed by atoms with van der Waals surface area (Å²) in [6.07, 6.45) is 4.27. The van der Waals surface area contributed by atoms with Crippen molar-refractivity contribution in [3.63, 3.8) is 0 Å². The van der Waals surface area contributed by atoms with Gasteiger partial charge in [0.25, 0.3) is 10.0 Å². The lowest BCUT2D eigenvalue weighted by molar-refractivity contribution is -0.143. The normalized spacial score (nSPS) is 11.6. The van der Waals surface area contributed by atoms with Crippen molar-refractivity contribution in [1.82, 2.24) is 13.9 Å². The number of carbonyl (C=O) groups excluding carboxylic acids is 1. The fourth-order valence-corrected chi connectivity index (χ4v) is 2.81. The van der Waals surface area contributed by atoms with Crippen LogP contribution in [0, 0.1) is 0 Å². The van der Waals surface area contributed by atoms with Crippen molar-refractivity contribution >= 4 is 16.0 Å². The van der Waals surface area contributed by atoms with Crippen molar-refractivity contribution < 1.29 is 17.9 Å². The number of imidazole rings is 1. The van der Waals surface area contributed by atoms with Crippen LogP contribution in [-0.2, 0) is 26.1 Å². The highest BCUT2D eigenvalue weighted by Gasteiger charge is 2.28. The van der Waals surface area contributed by atoms with Crippen LogP contribution in [-0.4, -0.2) is 47.9 Å². The highest BCUT2D eigenvalue weighted by atomic mass is 32.2. The van der Waals surface area contributed by atoms with Crippen LogP contribution in [0.1, 0.15) is 13.8 Å². The summed E-state index contributed by atoms with van der Waals surface area (Å²) in [6, 6.07) is 0. The summed E-state index contributed by atoms with van der Waals surface area (Å²) >= 11 is 0. The van der Waals surface area contributed by atoms with Crippen LogP contribution in [0.3, 0.4) is 0 Å². The Morgan fingerprint density at radius 3 is 2.75 bits per heavy atom. The highest BCUT2D eigenvalue weighted by Crippen LogP contribution is 2.13. The molecule has 0 aromatic carbocycles. The molecule has 8 heteroatoms. The summed E-state index contributed by atoms with van der Waals surface area (Å²) in [6.45, 7) is 7.50. The molecule has 112 valence electrons. The zero-order chi connectivity index (χ0) is 15.2. The number of rotatable bonds is 8. The second-order valence-electron chi connectivity index (χ2n) is 3.93. The summed E-state index contributed by atoms with van der Waals surface area (Å²) in [4.78, 5) is 15.3. The van der Waals surface area contributed by atoms with Gasteiger partial charge in [0, 0.05) is 19.3 Å². The Morgan fingerprint density at radius 2 is 2.25 bits per heavy atom. The molecule has 1 aromatic rings. The Balaban J connectivity index is 2.99. The molecule has 0 radical (unpaired) electrons. The Morgan fingerprint density at radius 1 is 1.55 bits per heavy atom. The van der Waals surface area contributed by atoms with Gasteiger partial charge in [0.2, 0.25) is 0 Å². The van der Waals surface area contributed by atoms with E-state index in [0.29, 0.717) is 6.54 Å². The lowest BCUT2D eigenvalue weighted by atomic mass is 10.5. The van der Waals surface area contributed by atoms with E-state index >= 15 is 0 Å². The summed E-state index contributed by atoms with van der Waals surface area (Å²) in [5.74, 6) is -0.604. The lowest BCUT2D eigenvalue weighted by Gasteiger charge is -2.18. The van der Waals surface area contributed by atoms with E-state index in [0.717, 1.165) is 4.31 Å². The largest absolute Gasteiger partial charge is 0.465 e. The second kappa shape index (κ2) is 7.20. The van der Waals surface area contributed by atoms with Crippen LogP contribution in [0.5, 0.6) is 0 Å². The van der Waals surface area contributed by atoms with Crippen molar-refractivity contribution in [3.8, 4) is 0 Å². The molecule has 0 aliphatic rings. The topological polar surface area (TPSA) is 81.5 Å². The highest BCUT2D eigenvalue weighted by molar-refractivity contribution is 7.89. The zero-order valence-electron chi connectivity index (χ0n) is 11.7. The van der Waals surface area contributed by atoms with Gasteiger partial charge in [-0.05, 0) is 13.8 Å². The van der Waals surface area contributed by atoms with Gasteiger partial charge in [-0.3, -0.25) is 4.79 Å². The molecule has 7 nitrogen and oxygen atoms in total. The molecule has 0 bridgehead atoms. The fraction of sp³-hybridized carbons (Fsp3) is 0.500. The van der Waals surface area contributed by atoms with E-state index in [-0.39, 0.29) is 24.7 Å². The van der Waals surface area contributed by atoms with E-state index in [9.17, 15) is 13.2 Å². The van der Waals surface area contributed by atoms with Gasteiger partial charge < -0.3 is 9.30 Å². The van der Waals surface area contributed by atoms with Gasteiger partial charge >= 0.3 is 5.97 Å². The van der Waals surface area contributed by atoms with Gasteiger partial charge in [-0.25, -0.2) is 13.4 Å². The summed E-state index contributed by atoms with van der Waals surface area (Å²) in [5.41, 5.74) is 0. The number of esters is 1. The number of sulfonamides is 1. The van der Waals surface area contributed by atoms with E-state index in [1.807, 2.05) is 6.92 Å². The third-order valence-electron chi connectivity index (χ3n) is 2.52. The van der Waals surface area contributed by atoms with Crippen LogP contribution in [0.4, 0.5) is 0 Å². The van der Waals surface area contributed by atoms with Crippen molar-refractivity contribution in [2.24, 2.45) is 0 Å². The van der Waals surface area contributed by atoms with Gasteiger partial charge in [-0.1, -0.05) is 6.08 Å². The molecule has 0 atom stereocenters. The quantitative estimate of drug-likeness (QED) is 0.520. The number of aromatic nitrogens is 2. The molecular formula is C12H19N3O4S. The van der Waals surface area contributed by atoms with Crippen LogP contribution >= 0.6 is 0 Å². The predicted molar refractivity (Wildman–Crippen MR) is 73.5 cm³/mol. The number of ether oxygens (including phenoxy) is 1. The fourth-order valence-electron chi connectivity index (χ4n) is 1.52. The van der Waals surface area contributed by atoms with Crippen LogP contribution in [0.2, 0.25) is 0 Å². The van der Waals surface area contributed by atoms with E-state index in [4.69, 9.17) is 4.74 Å².